The Morgan fingerprint density at radius 3 is 2.36 bits per heavy atom. The van der Waals surface area contributed by atoms with E-state index in [1.54, 1.807) is 13.0 Å². The minimum Gasteiger partial charge on any atom is -0.478 e. The number of aliphatic carboxylic acids is 1. The molecule has 0 amide bonds. The summed E-state index contributed by atoms with van der Waals surface area (Å²) in [4.78, 5) is 10.6. The standard InChI is InChI=1S/C10H14ClNO2/c1-5(9(13)14)4-6-7(8(11)12)10(6,2)3/h4,6-7,12H,1-3H3,(H,13,14)/b5-4+,12-8?. The van der Waals surface area contributed by atoms with Crippen molar-refractivity contribution in [1.29, 1.82) is 5.41 Å². The highest BCUT2D eigenvalue weighted by atomic mass is 35.5. The van der Waals surface area contributed by atoms with Crippen LogP contribution in [-0.2, 0) is 4.79 Å². The first-order chi connectivity index (χ1) is 6.28. The molecule has 4 heteroatoms. The van der Waals surface area contributed by atoms with E-state index in [1.807, 2.05) is 13.8 Å². The lowest BCUT2D eigenvalue weighted by atomic mass is 10.1. The van der Waals surface area contributed by atoms with Crippen molar-refractivity contribution >= 4 is 22.7 Å². The van der Waals surface area contributed by atoms with Crippen molar-refractivity contribution in [3.05, 3.63) is 11.6 Å². The second-order valence-electron chi connectivity index (χ2n) is 4.33. The van der Waals surface area contributed by atoms with Crippen molar-refractivity contribution in [2.24, 2.45) is 17.3 Å². The Bertz CT molecular complexity index is 320. The lowest BCUT2D eigenvalue weighted by molar-refractivity contribution is -0.132. The first-order valence-corrected chi connectivity index (χ1v) is 4.82. The fraction of sp³-hybridized carbons (Fsp3) is 0.600. The largest absolute Gasteiger partial charge is 0.478 e. The fourth-order valence-electron chi connectivity index (χ4n) is 1.81. The molecule has 0 aromatic carbocycles. The number of carbonyl (C=O) groups is 1. The zero-order valence-corrected chi connectivity index (χ0v) is 9.22. The monoisotopic (exact) mass is 215 g/mol. The summed E-state index contributed by atoms with van der Waals surface area (Å²) >= 11 is 5.62. The highest BCUT2D eigenvalue weighted by Crippen LogP contribution is 2.60. The zero-order chi connectivity index (χ0) is 11.1. The first kappa shape index (κ1) is 11.2. The summed E-state index contributed by atoms with van der Waals surface area (Å²) in [6, 6.07) is 0. The molecule has 0 aliphatic heterocycles. The van der Waals surface area contributed by atoms with Gasteiger partial charge in [-0.05, 0) is 18.3 Å². The highest BCUT2D eigenvalue weighted by molar-refractivity contribution is 6.65. The van der Waals surface area contributed by atoms with Crippen molar-refractivity contribution in [3.8, 4) is 0 Å². The van der Waals surface area contributed by atoms with E-state index in [9.17, 15) is 4.79 Å². The summed E-state index contributed by atoms with van der Waals surface area (Å²) in [5, 5.41) is 16.2. The van der Waals surface area contributed by atoms with Crippen molar-refractivity contribution in [1.82, 2.24) is 0 Å². The van der Waals surface area contributed by atoms with Crippen LogP contribution in [0.1, 0.15) is 20.8 Å². The number of rotatable bonds is 3. The maximum absolute atomic E-state index is 10.6. The first-order valence-electron chi connectivity index (χ1n) is 4.44. The molecule has 0 aromatic rings. The molecule has 0 heterocycles. The average molecular weight is 216 g/mol. The molecule has 3 nitrogen and oxygen atoms in total. The van der Waals surface area contributed by atoms with Crippen LogP contribution < -0.4 is 0 Å². The summed E-state index contributed by atoms with van der Waals surface area (Å²) in [5.41, 5.74) is 0.249. The smallest absolute Gasteiger partial charge is 0.330 e. The maximum Gasteiger partial charge on any atom is 0.330 e. The van der Waals surface area contributed by atoms with Gasteiger partial charge in [-0.1, -0.05) is 31.5 Å². The minimum absolute atomic E-state index is 0.0153. The average Bonchev–Trinajstić information content (AvgIpc) is 2.52. The Balaban J connectivity index is 2.80. The molecular weight excluding hydrogens is 202 g/mol. The highest BCUT2D eigenvalue weighted by Gasteiger charge is 2.58. The maximum atomic E-state index is 10.6. The fourth-order valence-corrected chi connectivity index (χ4v) is 2.23. The van der Waals surface area contributed by atoms with Crippen LogP contribution in [0.15, 0.2) is 11.6 Å². The predicted octanol–water partition coefficient (Wildman–Crippen LogP) is 2.51. The summed E-state index contributed by atoms with van der Waals surface area (Å²) in [6.07, 6.45) is 1.70. The molecule has 1 aliphatic rings. The van der Waals surface area contributed by atoms with Crippen LogP contribution in [0.25, 0.3) is 0 Å². The molecule has 0 radical (unpaired) electrons. The van der Waals surface area contributed by atoms with Crippen LogP contribution >= 0.6 is 11.6 Å². The van der Waals surface area contributed by atoms with Crippen molar-refractivity contribution in [2.75, 3.05) is 0 Å². The van der Waals surface area contributed by atoms with Gasteiger partial charge >= 0.3 is 5.97 Å². The normalized spacial score (nSPS) is 29.9. The Kier molecular flexibility index (Phi) is 2.72. The molecule has 78 valence electrons. The number of carboxylic acids is 1. The van der Waals surface area contributed by atoms with E-state index < -0.39 is 5.97 Å². The Labute approximate surface area is 88.3 Å². The van der Waals surface area contributed by atoms with Gasteiger partial charge in [-0.2, -0.15) is 0 Å². The molecule has 2 atom stereocenters. The predicted molar refractivity (Wildman–Crippen MR) is 55.7 cm³/mol. The number of hydrogen-bond acceptors (Lipinski definition) is 2. The van der Waals surface area contributed by atoms with Gasteiger partial charge in [0, 0.05) is 11.5 Å². The second kappa shape index (κ2) is 3.39. The molecular formula is C10H14ClNO2. The molecule has 0 aromatic heterocycles. The van der Waals surface area contributed by atoms with Gasteiger partial charge < -0.3 is 5.11 Å². The van der Waals surface area contributed by atoms with E-state index in [2.05, 4.69) is 0 Å². The van der Waals surface area contributed by atoms with E-state index in [0.29, 0.717) is 5.57 Å². The van der Waals surface area contributed by atoms with E-state index in [-0.39, 0.29) is 22.4 Å². The number of hydrogen-bond donors (Lipinski definition) is 2. The minimum atomic E-state index is -0.910. The molecule has 1 rings (SSSR count). The molecule has 0 spiro atoms. The lowest BCUT2D eigenvalue weighted by Gasteiger charge is -1.98. The second-order valence-corrected chi connectivity index (χ2v) is 4.73. The van der Waals surface area contributed by atoms with Crippen LogP contribution in [0.4, 0.5) is 0 Å². The Hall–Kier alpha value is -0.830. The van der Waals surface area contributed by atoms with E-state index >= 15 is 0 Å². The molecule has 1 saturated carbocycles. The van der Waals surface area contributed by atoms with Gasteiger partial charge in [-0.25, -0.2) is 4.79 Å². The van der Waals surface area contributed by atoms with E-state index in [1.165, 1.54) is 0 Å². The van der Waals surface area contributed by atoms with Crippen LogP contribution in [0.2, 0.25) is 0 Å². The van der Waals surface area contributed by atoms with Crippen molar-refractivity contribution < 1.29 is 9.90 Å². The number of carboxylic acid groups (broad SMARTS) is 1. The summed E-state index contributed by atoms with van der Waals surface area (Å²) < 4.78 is 0. The van der Waals surface area contributed by atoms with E-state index in [4.69, 9.17) is 22.1 Å². The van der Waals surface area contributed by atoms with Gasteiger partial charge in [0.25, 0.3) is 0 Å². The SMILES string of the molecule is C/C(=C\C1C(C(=N)Cl)C1(C)C)C(=O)O. The van der Waals surface area contributed by atoms with E-state index in [0.717, 1.165) is 0 Å². The van der Waals surface area contributed by atoms with Crippen LogP contribution in [0, 0.1) is 22.7 Å². The van der Waals surface area contributed by atoms with Gasteiger partial charge in [-0.3, -0.25) is 5.41 Å². The topological polar surface area (TPSA) is 61.2 Å². The van der Waals surface area contributed by atoms with Gasteiger partial charge in [0.2, 0.25) is 0 Å². The Morgan fingerprint density at radius 2 is 2.07 bits per heavy atom. The Morgan fingerprint density at radius 1 is 1.57 bits per heavy atom. The van der Waals surface area contributed by atoms with Crippen LogP contribution in [-0.4, -0.2) is 16.2 Å². The molecule has 2 unspecified atom stereocenters. The molecule has 1 fully saturated rings. The van der Waals surface area contributed by atoms with Gasteiger partial charge in [0.1, 0.15) is 5.17 Å². The van der Waals surface area contributed by atoms with Gasteiger partial charge in [-0.15, -0.1) is 0 Å². The van der Waals surface area contributed by atoms with Crippen LogP contribution in [0.5, 0.6) is 0 Å². The third-order valence-corrected chi connectivity index (χ3v) is 3.19. The molecule has 0 saturated heterocycles. The molecule has 2 N–H and O–H groups in total. The molecule has 1 aliphatic carbocycles. The molecule has 0 bridgehead atoms. The van der Waals surface area contributed by atoms with Crippen molar-refractivity contribution in [2.45, 2.75) is 20.8 Å². The lowest BCUT2D eigenvalue weighted by Crippen LogP contribution is -1.97. The third-order valence-electron chi connectivity index (χ3n) is 2.95. The number of allylic oxidation sites excluding steroid dienone is 1. The number of halogens is 1. The van der Waals surface area contributed by atoms with Crippen molar-refractivity contribution in [3.63, 3.8) is 0 Å². The van der Waals surface area contributed by atoms with Gasteiger partial charge in [0.05, 0.1) is 0 Å². The quantitative estimate of drug-likeness (QED) is 0.561. The van der Waals surface area contributed by atoms with Crippen LogP contribution in [0.3, 0.4) is 0 Å². The summed E-state index contributed by atoms with van der Waals surface area (Å²) in [6.45, 7) is 5.54. The number of nitrogens with one attached hydrogen (secondary N) is 1. The third kappa shape index (κ3) is 1.82. The summed E-state index contributed by atoms with van der Waals surface area (Å²) in [5.74, 6) is -0.838. The zero-order valence-electron chi connectivity index (χ0n) is 8.47. The summed E-state index contributed by atoms with van der Waals surface area (Å²) in [7, 11) is 0. The molecule has 14 heavy (non-hydrogen) atoms. The van der Waals surface area contributed by atoms with Gasteiger partial charge in [0.15, 0.2) is 0 Å².